The summed E-state index contributed by atoms with van der Waals surface area (Å²) >= 11 is 0. The van der Waals surface area contributed by atoms with Gasteiger partial charge in [0.1, 0.15) is 22.8 Å². The van der Waals surface area contributed by atoms with Gasteiger partial charge in [-0.15, -0.1) is 0 Å². The Labute approximate surface area is 204 Å². The van der Waals surface area contributed by atoms with Gasteiger partial charge in [-0.1, -0.05) is 0 Å². The van der Waals surface area contributed by atoms with Crippen LogP contribution in [-0.2, 0) is 4.74 Å². The highest BCUT2D eigenvalue weighted by Crippen LogP contribution is 2.28. The summed E-state index contributed by atoms with van der Waals surface area (Å²) < 4.78 is 12.8. The minimum atomic E-state index is -0.509. The third-order valence-electron chi connectivity index (χ3n) is 5.78. The van der Waals surface area contributed by atoms with Crippen LogP contribution in [0.15, 0.2) is 30.7 Å². The smallest absolute Gasteiger partial charge is 0.410 e. The van der Waals surface area contributed by atoms with Gasteiger partial charge < -0.3 is 29.0 Å². The number of amides is 2. The van der Waals surface area contributed by atoms with Gasteiger partial charge in [-0.25, -0.2) is 14.8 Å². The summed E-state index contributed by atoms with van der Waals surface area (Å²) in [6.07, 6.45) is 5.02. The summed E-state index contributed by atoms with van der Waals surface area (Å²) in [6, 6.07) is 3.68. The van der Waals surface area contributed by atoms with E-state index < -0.39 is 5.60 Å². The van der Waals surface area contributed by atoms with Crippen LogP contribution in [0.4, 0.5) is 16.3 Å². The number of nitrogens with one attached hydrogen (secondary N) is 1. The van der Waals surface area contributed by atoms with Crippen molar-refractivity contribution in [2.45, 2.75) is 40.2 Å². The molecule has 0 atom stereocenters. The molecule has 3 aromatic heterocycles. The van der Waals surface area contributed by atoms with Crippen molar-refractivity contribution in [2.24, 2.45) is 0 Å². The lowest BCUT2D eigenvalue weighted by Gasteiger charge is -2.36. The van der Waals surface area contributed by atoms with Crippen molar-refractivity contribution in [2.75, 3.05) is 43.5 Å². The number of fused-ring (bicyclic) bond motifs is 1. The Morgan fingerprint density at radius 2 is 1.77 bits per heavy atom. The average molecular weight is 481 g/mol. The van der Waals surface area contributed by atoms with Gasteiger partial charge in [0.25, 0.3) is 5.91 Å². The van der Waals surface area contributed by atoms with Crippen LogP contribution >= 0.6 is 0 Å². The van der Waals surface area contributed by atoms with E-state index in [2.05, 4.69) is 20.2 Å². The fourth-order valence-corrected chi connectivity index (χ4v) is 4.12. The molecule has 186 valence electrons. The summed E-state index contributed by atoms with van der Waals surface area (Å²) in [7, 11) is 1.54. The van der Waals surface area contributed by atoms with Crippen molar-refractivity contribution in [1.82, 2.24) is 19.3 Å². The van der Waals surface area contributed by atoms with Gasteiger partial charge in [-0.2, -0.15) is 0 Å². The number of hydrogen-bond acceptors (Lipinski definition) is 7. The van der Waals surface area contributed by atoms with Crippen LogP contribution < -0.4 is 15.0 Å². The van der Waals surface area contributed by atoms with E-state index in [9.17, 15) is 9.59 Å². The van der Waals surface area contributed by atoms with E-state index in [1.54, 1.807) is 30.5 Å². The van der Waals surface area contributed by atoms with Crippen molar-refractivity contribution in [3.63, 3.8) is 0 Å². The van der Waals surface area contributed by atoms with Crippen LogP contribution in [0.3, 0.4) is 0 Å². The highest BCUT2D eigenvalue weighted by atomic mass is 16.6. The van der Waals surface area contributed by atoms with E-state index in [4.69, 9.17) is 9.47 Å². The first-order chi connectivity index (χ1) is 16.6. The van der Waals surface area contributed by atoms with E-state index >= 15 is 0 Å². The Balaban J connectivity index is 1.41. The highest BCUT2D eigenvalue weighted by molar-refractivity contribution is 6.06. The zero-order valence-electron chi connectivity index (χ0n) is 21.1. The number of rotatable bonds is 4. The van der Waals surface area contributed by atoms with E-state index in [-0.39, 0.29) is 12.0 Å². The SMILES string of the molecule is COc1c(C(=O)Nc2ccc(N3CCN(C(=O)OC(C)(C)C)CC3)cn2)cn2cc(C)nc2c1C. The predicted molar refractivity (Wildman–Crippen MR) is 133 cm³/mol. The number of imidazole rings is 1. The molecule has 4 rings (SSSR count). The minimum Gasteiger partial charge on any atom is -0.495 e. The molecule has 0 bridgehead atoms. The number of aromatic nitrogens is 3. The normalized spacial score (nSPS) is 14.2. The molecule has 0 radical (unpaired) electrons. The Hall–Kier alpha value is -3.82. The fourth-order valence-electron chi connectivity index (χ4n) is 4.12. The number of piperazine rings is 1. The number of anilines is 2. The van der Waals surface area contributed by atoms with Crippen LogP contribution in [0, 0.1) is 13.8 Å². The maximum Gasteiger partial charge on any atom is 0.410 e. The molecule has 1 aliphatic rings. The van der Waals surface area contributed by atoms with Crippen molar-refractivity contribution >= 4 is 29.2 Å². The molecule has 1 aliphatic heterocycles. The van der Waals surface area contributed by atoms with Gasteiger partial charge >= 0.3 is 6.09 Å². The molecule has 0 aliphatic carbocycles. The third kappa shape index (κ3) is 5.31. The first-order valence-corrected chi connectivity index (χ1v) is 11.6. The Morgan fingerprint density at radius 3 is 2.37 bits per heavy atom. The molecule has 0 saturated carbocycles. The summed E-state index contributed by atoms with van der Waals surface area (Å²) in [5, 5.41) is 2.85. The van der Waals surface area contributed by atoms with Gasteiger partial charge in [0.05, 0.1) is 30.3 Å². The number of carbonyl (C=O) groups is 2. The molecule has 1 saturated heterocycles. The van der Waals surface area contributed by atoms with Crippen LogP contribution in [0.2, 0.25) is 0 Å². The number of nitrogens with zero attached hydrogens (tertiary/aromatic N) is 5. The maximum absolute atomic E-state index is 13.1. The second kappa shape index (κ2) is 9.44. The molecule has 1 N–H and O–H groups in total. The molecule has 0 aromatic carbocycles. The zero-order chi connectivity index (χ0) is 25.3. The van der Waals surface area contributed by atoms with Gasteiger partial charge in [0, 0.05) is 44.1 Å². The largest absolute Gasteiger partial charge is 0.495 e. The van der Waals surface area contributed by atoms with Gasteiger partial charge in [0.2, 0.25) is 0 Å². The van der Waals surface area contributed by atoms with Gasteiger partial charge in [-0.3, -0.25) is 4.79 Å². The summed E-state index contributed by atoms with van der Waals surface area (Å²) in [5.41, 5.74) is 3.23. The van der Waals surface area contributed by atoms with E-state index in [1.165, 1.54) is 0 Å². The van der Waals surface area contributed by atoms with Gasteiger partial charge in [0.15, 0.2) is 0 Å². The number of methoxy groups -OCH3 is 1. The Morgan fingerprint density at radius 1 is 1.06 bits per heavy atom. The molecule has 0 spiro atoms. The zero-order valence-corrected chi connectivity index (χ0v) is 21.1. The monoisotopic (exact) mass is 480 g/mol. The minimum absolute atomic E-state index is 0.289. The van der Waals surface area contributed by atoms with E-state index in [1.807, 2.05) is 51.3 Å². The molecule has 0 unspecified atom stereocenters. The lowest BCUT2D eigenvalue weighted by atomic mass is 10.1. The predicted octanol–water partition coefficient (Wildman–Crippen LogP) is 3.66. The molecule has 10 nitrogen and oxygen atoms in total. The van der Waals surface area contributed by atoms with Crippen molar-refractivity contribution in [1.29, 1.82) is 0 Å². The Kier molecular flexibility index (Phi) is 6.56. The second-order valence-electron chi connectivity index (χ2n) is 9.62. The van der Waals surface area contributed by atoms with Gasteiger partial charge in [-0.05, 0) is 46.8 Å². The average Bonchev–Trinajstić information content (AvgIpc) is 3.19. The molecule has 4 heterocycles. The van der Waals surface area contributed by atoms with Crippen LogP contribution in [0.1, 0.15) is 42.4 Å². The first-order valence-electron chi connectivity index (χ1n) is 11.6. The standard InChI is InChI=1S/C25H32N6O4/c1-16-14-31-15-19(21(34-6)17(2)22(31)27-16)23(32)28-20-8-7-18(13-26-20)29-9-11-30(12-10-29)24(33)35-25(3,4)5/h7-8,13-15H,9-12H2,1-6H3,(H,26,28,32). The van der Waals surface area contributed by atoms with Crippen LogP contribution in [-0.4, -0.2) is 70.2 Å². The van der Waals surface area contributed by atoms with Crippen molar-refractivity contribution < 1.29 is 19.1 Å². The highest BCUT2D eigenvalue weighted by Gasteiger charge is 2.26. The molecular formula is C25H32N6O4. The van der Waals surface area contributed by atoms with Crippen LogP contribution in [0.25, 0.3) is 5.65 Å². The molecule has 2 amide bonds. The quantitative estimate of drug-likeness (QED) is 0.608. The lowest BCUT2D eigenvalue weighted by Crippen LogP contribution is -2.50. The second-order valence-corrected chi connectivity index (χ2v) is 9.62. The lowest BCUT2D eigenvalue weighted by molar-refractivity contribution is 0.0240. The number of aryl methyl sites for hydroxylation is 2. The Bertz CT molecular complexity index is 1240. The van der Waals surface area contributed by atoms with Crippen molar-refractivity contribution in [3.05, 3.63) is 47.5 Å². The van der Waals surface area contributed by atoms with E-state index in [0.29, 0.717) is 43.3 Å². The number of pyridine rings is 2. The summed E-state index contributed by atoms with van der Waals surface area (Å²) in [6.45, 7) is 11.9. The maximum atomic E-state index is 13.1. The molecule has 10 heteroatoms. The van der Waals surface area contributed by atoms with Crippen molar-refractivity contribution in [3.8, 4) is 5.75 Å². The van der Waals surface area contributed by atoms with E-state index in [0.717, 1.165) is 22.6 Å². The first kappa shape index (κ1) is 24.3. The topological polar surface area (TPSA) is 101 Å². The molecule has 3 aromatic rings. The molecule has 1 fully saturated rings. The summed E-state index contributed by atoms with van der Waals surface area (Å²) in [4.78, 5) is 38.1. The number of hydrogen-bond donors (Lipinski definition) is 1. The number of carbonyl (C=O) groups excluding carboxylic acids is 2. The number of ether oxygens (including phenoxy) is 2. The molecular weight excluding hydrogens is 448 g/mol. The summed E-state index contributed by atoms with van der Waals surface area (Å²) in [5.74, 6) is 0.609. The van der Waals surface area contributed by atoms with Crippen LogP contribution in [0.5, 0.6) is 5.75 Å². The third-order valence-corrected chi connectivity index (χ3v) is 5.78. The fraction of sp³-hybridized carbons (Fsp3) is 0.440. The molecule has 35 heavy (non-hydrogen) atoms.